The number of hydrogen-bond donors (Lipinski definition) is 1. The van der Waals surface area contributed by atoms with Gasteiger partial charge in [-0.2, -0.15) is 8.42 Å². The molecule has 14 heavy (non-hydrogen) atoms. The fourth-order valence-electron chi connectivity index (χ4n) is 0.724. The highest BCUT2D eigenvalue weighted by molar-refractivity contribution is 7.86. The predicted octanol–water partition coefficient (Wildman–Crippen LogP) is 0.0450. The summed E-state index contributed by atoms with van der Waals surface area (Å²) in [6.45, 7) is 5.12. The number of carbonyl (C=O) groups excluding carboxylic acids is 1. The van der Waals surface area contributed by atoms with Gasteiger partial charge in [0.05, 0.1) is 12.4 Å². The Morgan fingerprint density at radius 3 is 2.71 bits per heavy atom. The molecule has 1 N–H and O–H groups in total. The highest BCUT2D eigenvalue weighted by Crippen LogP contribution is 1.94. The van der Waals surface area contributed by atoms with E-state index in [2.05, 4.69) is 16.1 Å². The van der Waals surface area contributed by atoms with Crippen molar-refractivity contribution in [1.82, 2.24) is 5.32 Å². The molecule has 5 nitrogen and oxygen atoms in total. The van der Waals surface area contributed by atoms with Crippen molar-refractivity contribution in [2.24, 2.45) is 0 Å². The molecular weight excluding hydrogens is 206 g/mol. The summed E-state index contributed by atoms with van der Waals surface area (Å²) in [7, 11) is -3.41. The average Bonchev–Trinajstić information content (AvgIpc) is 2.12. The molecule has 0 aliphatic rings. The van der Waals surface area contributed by atoms with E-state index >= 15 is 0 Å². The Morgan fingerprint density at radius 2 is 2.21 bits per heavy atom. The molecule has 6 heteroatoms. The van der Waals surface area contributed by atoms with Crippen LogP contribution in [0.5, 0.6) is 0 Å². The molecule has 0 unspecified atom stereocenters. The molecule has 82 valence electrons. The molecule has 0 heterocycles. The van der Waals surface area contributed by atoms with Gasteiger partial charge in [0.25, 0.3) is 10.1 Å². The fraction of sp³-hybridized carbons (Fsp3) is 0.625. The van der Waals surface area contributed by atoms with Gasteiger partial charge in [0.15, 0.2) is 0 Å². The standard InChI is InChI=1S/C8H15NO4S/c1-3-7-14(11,12)13-6-5-9-8(10)4-2/h4H,2-3,5-7H2,1H3,(H,9,10). The lowest BCUT2D eigenvalue weighted by Crippen LogP contribution is -2.26. The molecule has 0 radical (unpaired) electrons. The van der Waals surface area contributed by atoms with Crippen LogP contribution >= 0.6 is 0 Å². The molecule has 0 saturated carbocycles. The average molecular weight is 221 g/mol. The van der Waals surface area contributed by atoms with Gasteiger partial charge in [-0.05, 0) is 12.5 Å². The van der Waals surface area contributed by atoms with Crippen molar-refractivity contribution in [3.8, 4) is 0 Å². The Bertz CT molecular complexity index is 284. The monoisotopic (exact) mass is 221 g/mol. The van der Waals surface area contributed by atoms with E-state index < -0.39 is 10.1 Å². The first-order valence-electron chi connectivity index (χ1n) is 4.29. The first-order chi connectivity index (χ1) is 6.52. The molecule has 1 amide bonds. The van der Waals surface area contributed by atoms with Crippen molar-refractivity contribution in [2.75, 3.05) is 18.9 Å². The topological polar surface area (TPSA) is 72.5 Å². The lowest BCUT2D eigenvalue weighted by Gasteiger charge is -2.04. The third-order valence-corrected chi connectivity index (χ3v) is 2.74. The van der Waals surface area contributed by atoms with Crippen LogP contribution in [0, 0.1) is 0 Å². The van der Waals surface area contributed by atoms with Gasteiger partial charge in [-0.1, -0.05) is 13.5 Å². The highest BCUT2D eigenvalue weighted by Gasteiger charge is 2.08. The smallest absolute Gasteiger partial charge is 0.267 e. The molecule has 0 aliphatic carbocycles. The minimum absolute atomic E-state index is 0.00239. The summed E-state index contributed by atoms with van der Waals surface area (Å²) in [6, 6.07) is 0. The van der Waals surface area contributed by atoms with E-state index in [-0.39, 0.29) is 24.8 Å². The maximum atomic E-state index is 11.0. The Balaban J connectivity index is 3.64. The van der Waals surface area contributed by atoms with E-state index in [0.717, 1.165) is 6.08 Å². The molecule has 0 spiro atoms. The van der Waals surface area contributed by atoms with Gasteiger partial charge in [0.1, 0.15) is 0 Å². The zero-order valence-corrected chi connectivity index (χ0v) is 8.97. The van der Waals surface area contributed by atoms with Crippen molar-refractivity contribution < 1.29 is 17.4 Å². The maximum absolute atomic E-state index is 11.0. The summed E-state index contributed by atoms with van der Waals surface area (Å²) in [5.74, 6) is -0.343. The van der Waals surface area contributed by atoms with Crippen LogP contribution in [0.4, 0.5) is 0 Å². The summed E-state index contributed by atoms with van der Waals surface area (Å²) >= 11 is 0. The van der Waals surface area contributed by atoms with Gasteiger partial charge in [-0.3, -0.25) is 8.98 Å². The van der Waals surface area contributed by atoms with E-state index in [1.165, 1.54) is 0 Å². The third kappa shape index (κ3) is 6.62. The second-order valence-electron chi connectivity index (χ2n) is 2.58. The second kappa shape index (κ2) is 6.56. The zero-order chi connectivity index (χ0) is 11.0. The SMILES string of the molecule is C=CC(=O)NCCOS(=O)(=O)CCC. The van der Waals surface area contributed by atoms with E-state index in [1.54, 1.807) is 6.92 Å². The van der Waals surface area contributed by atoms with Crippen molar-refractivity contribution in [3.05, 3.63) is 12.7 Å². The summed E-state index contributed by atoms with van der Waals surface area (Å²) in [4.78, 5) is 10.6. The van der Waals surface area contributed by atoms with Crippen LogP contribution < -0.4 is 5.32 Å². The molecule has 0 atom stereocenters. The molecule has 0 fully saturated rings. The van der Waals surface area contributed by atoms with Crippen LogP contribution in [-0.2, 0) is 19.1 Å². The molecule has 0 rings (SSSR count). The molecule has 0 aromatic carbocycles. The molecule has 0 bridgehead atoms. The second-order valence-corrected chi connectivity index (χ2v) is 4.34. The van der Waals surface area contributed by atoms with Gasteiger partial charge in [0, 0.05) is 6.54 Å². The van der Waals surface area contributed by atoms with Crippen molar-refractivity contribution in [1.29, 1.82) is 0 Å². The third-order valence-electron chi connectivity index (χ3n) is 1.30. The van der Waals surface area contributed by atoms with Crippen LogP contribution in [0.2, 0.25) is 0 Å². The first kappa shape index (κ1) is 13.1. The van der Waals surface area contributed by atoms with Gasteiger partial charge >= 0.3 is 0 Å². The van der Waals surface area contributed by atoms with Gasteiger partial charge < -0.3 is 5.32 Å². The van der Waals surface area contributed by atoms with Gasteiger partial charge in [-0.25, -0.2) is 0 Å². The summed E-state index contributed by atoms with van der Waals surface area (Å²) < 4.78 is 26.6. The quantitative estimate of drug-likeness (QED) is 0.374. The van der Waals surface area contributed by atoms with Crippen LogP contribution in [0.3, 0.4) is 0 Å². The maximum Gasteiger partial charge on any atom is 0.267 e. The molecule has 0 aromatic rings. The molecule has 0 saturated heterocycles. The van der Waals surface area contributed by atoms with E-state index in [9.17, 15) is 13.2 Å². The van der Waals surface area contributed by atoms with Crippen LogP contribution in [0.1, 0.15) is 13.3 Å². The number of hydrogen-bond acceptors (Lipinski definition) is 4. The Hall–Kier alpha value is -0.880. The highest BCUT2D eigenvalue weighted by atomic mass is 32.2. The normalized spacial score (nSPS) is 10.9. The van der Waals surface area contributed by atoms with E-state index in [4.69, 9.17) is 0 Å². The van der Waals surface area contributed by atoms with Crippen LogP contribution in [0.15, 0.2) is 12.7 Å². The van der Waals surface area contributed by atoms with Crippen LogP contribution in [0.25, 0.3) is 0 Å². The largest absolute Gasteiger partial charge is 0.350 e. The van der Waals surface area contributed by atoms with Crippen molar-refractivity contribution >= 4 is 16.0 Å². The Kier molecular flexibility index (Phi) is 6.14. The Morgan fingerprint density at radius 1 is 1.57 bits per heavy atom. The minimum Gasteiger partial charge on any atom is -0.350 e. The lowest BCUT2D eigenvalue weighted by molar-refractivity contribution is -0.116. The molecule has 0 aromatic heterocycles. The number of rotatable bonds is 7. The Labute approximate surface area is 84.3 Å². The van der Waals surface area contributed by atoms with E-state index in [1.807, 2.05) is 0 Å². The summed E-state index contributed by atoms with van der Waals surface area (Å²) in [6.07, 6.45) is 1.63. The summed E-state index contributed by atoms with van der Waals surface area (Å²) in [5, 5.41) is 2.40. The number of carbonyl (C=O) groups is 1. The zero-order valence-electron chi connectivity index (χ0n) is 8.15. The van der Waals surface area contributed by atoms with Crippen LogP contribution in [-0.4, -0.2) is 33.2 Å². The van der Waals surface area contributed by atoms with Crippen molar-refractivity contribution in [2.45, 2.75) is 13.3 Å². The first-order valence-corrected chi connectivity index (χ1v) is 5.87. The fourth-order valence-corrected chi connectivity index (χ4v) is 1.68. The van der Waals surface area contributed by atoms with Gasteiger partial charge in [-0.15, -0.1) is 0 Å². The molecule has 0 aliphatic heterocycles. The summed E-state index contributed by atoms with van der Waals surface area (Å²) in [5.41, 5.74) is 0. The van der Waals surface area contributed by atoms with Gasteiger partial charge in [0.2, 0.25) is 5.91 Å². The molecular formula is C8H15NO4S. The lowest BCUT2D eigenvalue weighted by atomic mass is 10.5. The minimum atomic E-state index is -3.41. The van der Waals surface area contributed by atoms with E-state index in [0.29, 0.717) is 6.42 Å². The number of nitrogens with one attached hydrogen (secondary N) is 1. The number of amides is 1. The van der Waals surface area contributed by atoms with Crippen molar-refractivity contribution in [3.63, 3.8) is 0 Å². The predicted molar refractivity (Wildman–Crippen MR) is 53.2 cm³/mol.